The van der Waals surface area contributed by atoms with Crippen molar-refractivity contribution < 1.29 is 9.53 Å². The fourth-order valence-corrected chi connectivity index (χ4v) is 1.96. The molecule has 2 rings (SSSR count). The van der Waals surface area contributed by atoms with Gasteiger partial charge in [0.15, 0.2) is 12.4 Å². The zero-order valence-electron chi connectivity index (χ0n) is 9.37. The number of rotatable bonds is 4. The van der Waals surface area contributed by atoms with Gasteiger partial charge in [-0.2, -0.15) is 15.0 Å². The van der Waals surface area contributed by atoms with Gasteiger partial charge in [0.05, 0.1) is 6.42 Å². The molecule has 0 amide bonds. The highest BCUT2D eigenvalue weighted by Gasteiger charge is 2.08. The minimum atomic E-state index is -0.352. The van der Waals surface area contributed by atoms with Crippen LogP contribution in [0.5, 0.6) is 0 Å². The largest absolute Gasteiger partial charge is 0.457 e. The molecule has 2 heterocycles. The van der Waals surface area contributed by atoms with E-state index in [-0.39, 0.29) is 36.7 Å². The van der Waals surface area contributed by atoms with Crippen LogP contribution in [0.15, 0.2) is 17.5 Å². The van der Waals surface area contributed by atoms with Crippen LogP contribution >= 0.6 is 11.3 Å². The van der Waals surface area contributed by atoms with Gasteiger partial charge in [-0.15, -0.1) is 11.3 Å². The van der Waals surface area contributed by atoms with E-state index in [0.717, 1.165) is 4.88 Å². The first-order valence-corrected chi connectivity index (χ1v) is 5.95. The Morgan fingerprint density at radius 3 is 2.61 bits per heavy atom. The Kier molecular flexibility index (Phi) is 3.68. The van der Waals surface area contributed by atoms with Gasteiger partial charge in [-0.25, -0.2) is 0 Å². The molecule has 0 unspecified atom stereocenters. The summed E-state index contributed by atoms with van der Waals surface area (Å²) in [6.07, 6.45) is 0.230. The number of nitrogens with zero attached hydrogens (tertiary/aromatic N) is 3. The number of hydrogen-bond acceptors (Lipinski definition) is 8. The van der Waals surface area contributed by atoms with Gasteiger partial charge in [-0.05, 0) is 11.4 Å². The number of esters is 1. The number of carbonyl (C=O) groups excluding carboxylic acids is 1. The number of anilines is 2. The van der Waals surface area contributed by atoms with Crippen LogP contribution in [0.4, 0.5) is 11.9 Å². The Bertz CT molecular complexity index is 523. The lowest BCUT2D eigenvalue weighted by molar-refractivity contribution is -0.144. The number of nitrogens with two attached hydrogens (primary N) is 2. The third kappa shape index (κ3) is 3.39. The summed E-state index contributed by atoms with van der Waals surface area (Å²) in [5, 5.41) is 1.90. The van der Waals surface area contributed by atoms with Crippen LogP contribution in [0.1, 0.15) is 10.7 Å². The van der Waals surface area contributed by atoms with Gasteiger partial charge in [-0.1, -0.05) is 6.07 Å². The van der Waals surface area contributed by atoms with Gasteiger partial charge >= 0.3 is 5.97 Å². The molecule has 2 aromatic rings. The highest BCUT2D eigenvalue weighted by atomic mass is 32.1. The molecular weight excluding hydrogens is 254 g/mol. The Labute approximate surface area is 107 Å². The lowest BCUT2D eigenvalue weighted by Crippen LogP contribution is -2.12. The molecule has 0 saturated carbocycles. The van der Waals surface area contributed by atoms with E-state index in [2.05, 4.69) is 15.0 Å². The van der Waals surface area contributed by atoms with Gasteiger partial charge < -0.3 is 16.2 Å². The van der Waals surface area contributed by atoms with Gasteiger partial charge in [-0.3, -0.25) is 4.79 Å². The van der Waals surface area contributed by atoms with Crippen molar-refractivity contribution in [3.05, 3.63) is 28.2 Å². The summed E-state index contributed by atoms with van der Waals surface area (Å²) in [7, 11) is 0. The van der Waals surface area contributed by atoms with E-state index in [1.165, 1.54) is 11.3 Å². The van der Waals surface area contributed by atoms with Crippen LogP contribution in [0.2, 0.25) is 0 Å². The molecule has 94 valence electrons. The van der Waals surface area contributed by atoms with Crippen LogP contribution in [-0.2, 0) is 22.6 Å². The van der Waals surface area contributed by atoms with Crippen molar-refractivity contribution in [2.75, 3.05) is 11.5 Å². The molecular formula is C10H11N5O2S. The number of aromatic nitrogens is 3. The average molecular weight is 265 g/mol. The summed E-state index contributed by atoms with van der Waals surface area (Å²) in [5.74, 6) is -0.104. The third-order valence-corrected chi connectivity index (χ3v) is 2.85. The van der Waals surface area contributed by atoms with Crippen molar-refractivity contribution >= 4 is 29.2 Å². The Balaban J connectivity index is 1.89. The van der Waals surface area contributed by atoms with Crippen molar-refractivity contribution in [3.8, 4) is 0 Å². The maximum atomic E-state index is 11.5. The minimum absolute atomic E-state index is 0.00630. The second-order valence-corrected chi connectivity index (χ2v) is 4.42. The van der Waals surface area contributed by atoms with Gasteiger partial charge in [0.25, 0.3) is 0 Å². The molecule has 0 aliphatic rings. The summed E-state index contributed by atoms with van der Waals surface area (Å²) in [4.78, 5) is 23.7. The van der Waals surface area contributed by atoms with E-state index in [1.807, 2.05) is 17.5 Å². The molecule has 0 radical (unpaired) electrons. The summed E-state index contributed by atoms with van der Waals surface area (Å²) in [5.41, 5.74) is 10.8. The maximum Gasteiger partial charge on any atom is 0.311 e. The summed E-state index contributed by atoms with van der Waals surface area (Å²) in [6, 6.07) is 3.74. The fourth-order valence-electron chi connectivity index (χ4n) is 1.27. The first-order valence-electron chi connectivity index (χ1n) is 5.07. The third-order valence-electron chi connectivity index (χ3n) is 1.98. The molecule has 0 aliphatic heterocycles. The van der Waals surface area contributed by atoms with Crippen molar-refractivity contribution in [3.63, 3.8) is 0 Å². The molecule has 4 N–H and O–H groups in total. The fraction of sp³-hybridized carbons (Fsp3) is 0.200. The van der Waals surface area contributed by atoms with Crippen LogP contribution in [0, 0.1) is 0 Å². The van der Waals surface area contributed by atoms with E-state index in [1.54, 1.807) is 0 Å². The van der Waals surface area contributed by atoms with Crippen LogP contribution in [0.25, 0.3) is 0 Å². The standard InChI is InChI=1S/C10H11N5O2S/c11-9-13-7(14-10(12)15-9)5-17-8(16)4-6-2-1-3-18-6/h1-3H,4-5H2,(H4,11,12,13,14,15). The zero-order chi connectivity index (χ0) is 13.0. The van der Waals surface area contributed by atoms with Gasteiger partial charge in [0, 0.05) is 4.88 Å². The summed E-state index contributed by atoms with van der Waals surface area (Å²) < 4.78 is 5.02. The van der Waals surface area contributed by atoms with Crippen LogP contribution in [0.3, 0.4) is 0 Å². The van der Waals surface area contributed by atoms with E-state index in [9.17, 15) is 4.79 Å². The molecule has 8 heteroatoms. The molecule has 0 aliphatic carbocycles. The molecule has 0 atom stereocenters. The Morgan fingerprint density at radius 1 is 1.28 bits per heavy atom. The quantitative estimate of drug-likeness (QED) is 0.767. The second-order valence-electron chi connectivity index (χ2n) is 3.38. The van der Waals surface area contributed by atoms with E-state index in [4.69, 9.17) is 16.2 Å². The molecule has 0 aromatic carbocycles. The van der Waals surface area contributed by atoms with Crippen molar-refractivity contribution in [1.82, 2.24) is 15.0 Å². The maximum absolute atomic E-state index is 11.5. The predicted molar refractivity (Wildman–Crippen MR) is 66.5 cm³/mol. The SMILES string of the molecule is Nc1nc(N)nc(COC(=O)Cc2cccs2)n1. The number of thiophene rings is 1. The minimum Gasteiger partial charge on any atom is -0.457 e. The number of nitrogen functional groups attached to an aromatic ring is 2. The topological polar surface area (TPSA) is 117 Å². The smallest absolute Gasteiger partial charge is 0.311 e. The van der Waals surface area contributed by atoms with Crippen molar-refractivity contribution in [1.29, 1.82) is 0 Å². The lowest BCUT2D eigenvalue weighted by atomic mass is 10.3. The zero-order valence-corrected chi connectivity index (χ0v) is 10.2. The highest BCUT2D eigenvalue weighted by Crippen LogP contribution is 2.10. The van der Waals surface area contributed by atoms with Crippen molar-refractivity contribution in [2.24, 2.45) is 0 Å². The van der Waals surface area contributed by atoms with E-state index >= 15 is 0 Å². The predicted octanol–water partition coefficient (Wildman–Crippen LogP) is 0.383. The van der Waals surface area contributed by atoms with E-state index in [0.29, 0.717) is 0 Å². The van der Waals surface area contributed by atoms with Crippen LogP contribution in [-0.4, -0.2) is 20.9 Å². The monoisotopic (exact) mass is 265 g/mol. The number of carbonyl (C=O) groups is 1. The first kappa shape index (κ1) is 12.2. The molecule has 7 nitrogen and oxygen atoms in total. The average Bonchev–Trinajstić information content (AvgIpc) is 2.78. The molecule has 18 heavy (non-hydrogen) atoms. The molecule has 0 spiro atoms. The molecule has 0 fully saturated rings. The first-order chi connectivity index (χ1) is 8.63. The number of hydrogen-bond donors (Lipinski definition) is 2. The van der Waals surface area contributed by atoms with E-state index < -0.39 is 0 Å². The van der Waals surface area contributed by atoms with Gasteiger partial charge in [0.1, 0.15) is 0 Å². The van der Waals surface area contributed by atoms with Crippen molar-refractivity contribution in [2.45, 2.75) is 13.0 Å². The number of ether oxygens (including phenoxy) is 1. The van der Waals surface area contributed by atoms with Gasteiger partial charge in [0.2, 0.25) is 11.9 Å². The highest BCUT2D eigenvalue weighted by molar-refractivity contribution is 7.10. The Hall–Kier alpha value is -2.22. The summed E-state index contributed by atoms with van der Waals surface area (Å²) >= 11 is 1.50. The van der Waals surface area contributed by atoms with Crippen LogP contribution < -0.4 is 11.5 Å². The normalized spacial score (nSPS) is 10.2. The molecule has 2 aromatic heterocycles. The molecule has 0 saturated heterocycles. The molecule has 0 bridgehead atoms. The lowest BCUT2D eigenvalue weighted by Gasteiger charge is -2.04. The Morgan fingerprint density at radius 2 is 2.00 bits per heavy atom. The summed E-state index contributed by atoms with van der Waals surface area (Å²) in [6.45, 7) is -0.0683. The second kappa shape index (κ2) is 5.41.